The number of aromatic nitrogens is 1. The first-order chi connectivity index (χ1) is 9.43. The van der Waals surface area contributed by atoms with Crippen LogP contribution in [0.1, 0.15) is 19.4 Å². The number of nitrogens with one attached hydrogen (secondary N) is 1. The Morgan fingerprint density at radius 3 is 2.55 bits per heavy atom. The van der Waals surface area contributed by atoms with E-state index >= 15 is 0 Å². The minimum atomic E-state index is -0.281. The molecule has 0 fully saturated rings. The topological polar surface area (TPSA) is 31.4 Å². The van der Waals surface area contributed by atoms with Gasteiger partial charge in [0.1, 0.15) is 11.6 Å². The summed E-state index contributed by atoms with van der Waals surface area (Å²) in [5, 5.41) is 3.08. The van der Waals surface area contributed by atoms with Crippen LogP contribution >= 0.6 is 0 Å². The molecule has 0 aliphatic rings. The molecule has 0 saturated carbocycles. The molecule has 114 valence electrons. The fraction of sp³-hybridized carbons (Fsp3) is 0.667. The van der Waals surface area contributed by atoms with E-state index < -0.39 is 0 Å². The fourth-order valence-electron chi connectivity index (χ4n) is 2.12. The molecule has 0 bridgehead atoms. The Balaban J connectivity index is 2.98. The van der Waals surface area contributed by atoms with Crippen molar-refractivity contribution in [2.45, 2.75) is 20.4 Å². The van der Waals surface area contributed by atoms with Crippen LogP contribution in [0.3, 0.4) is 0 Å². The van der Waals surface area contributed by atoms with Gasteiger partial charge in [-0.05, 0) is 33.1 Å². The first-order valence-electron chi connectivity index (χ1n) is 7.12. The van der Waals surface area contributed by atoms with Crippen molar-refractivity contribution in [2.75, 3.05) is 45.7 Å². The SMILES string of the molecule is CNCc1cc(F)cnc1N(CCN(C)C)CC(C)C. The number of hydrogen-bond acceptors (Lipinski definition) is 4. The molecule has 0 aliphatic heterocycles. The zero-order valence-electron chi connectivity index (χ0n) is 13.3. The molecule has 4 nitrogen and oxygen atoms in total. The molecule has 20 heavy (non-hydrogen) atoms. The Kier molecular flexibility index (Phi) is 6.88. The lowest BCUT2D eigenvalue weighted by molar-refractivity contribution is 0.408. The third-order valence-corrected chi connectivity index (χ3v) is 2.98. The summed E-state index contributed by atoms with van der Waals surface area (Å²) in [7, 11) is 5.97. The molecular formula is C15H27FN4. The summed E-state index contributed by atoms with van der Waals surface area (Å²) < 4.78 is 13.4. The highest BCUT2D eigenvalue weighted by molar-refractivity contribution is 5.47. The number of pyridine rings is 1. The molecule has 0 aliphatic carbocycles. The van der Waals surface area contributed by atoms with Crippen molar-refractivity contribution in [3.63, 3.8) is 0 Å². The molecule has 1 rings (SSSR count). The highest BCUT2D eigenvalue weighted by Gasteiger charge is 2.15. The average molecular weight is 282 g/mol. The van der Waals surface area contributed by atoms with Gasteiger partial charge in [0.05, 0.1) is 6.20 Å². The van der Waals surface area contributed by atoms with Crippen LogP contribution in [0.2, 0.25) is 0 Å². The van der Waals surface area contributed by atoms with Crippen LogP contribution < -0.4 is 10.2 Å². The van der Waals surface area contributed by atoms with E-state index in [0.717, 1.165) is 31.0 Å². The minimum absolute atomic E-state index is 0.281. The van der Waals surface area contributed by atoms with Gasteiger partial charge in [-0.1, -0.05) is 13.8 Å². The monoisotopic (exact) mass is 282 g/mol. The molecule has 1 N–H and O–H groups in total. The predicted octanol–water partition coefficient (Wildman–Crippen LogP) is 1.96. The first kappa shape index (κ1) is 16.9. The summed E-state index contributed by atoms with van der Waals surface area (Å²) in [6, 6.07) is 1.57. The van der Waals surface area contributed by atoms with Crippen molar-refractivity contribution < 1.29 is 4.39 Å². The van der Waals surface area contributed by atoms with Crippen LogP contribution in [-0.2, 0) is 6.54 Å². The fourth-order valence-corrected chi connectivity index (χ4v) is 2.12. The predicted molar refractivity (Wildman–Crippen MR) is 82.6 cm³/mol. The van der Waals surface area contributed by atoms with Crippen molar-refractivity contribution >= 4 is 5.82 Å². The molecule has 0 atom stereocenters. The molecule has 0 spiro atoms. The Morgan fingerprint density at radius 2 is 2.00 bits per heavy atom. The van der Waals surface area contributed by atoms with E-state index in [1.165, 1.54) is 6.20 Å². The summed E-state index contributed by atoms with van der Waals surface area (Å²) in [6.07, 6.45) is 1.30. The van der Waals surface area contributed by atoms with E-state index in [1.807, 2.05) is 7.05 Å². The Labute approximate surface area is 122 Å². The summed E-state index contributed by atoms with van der Waals surface area (Å²) in [5.41, 5.74) is 0.909. The van der Waals surface area contributed by atoms with E-state index in [2.05, 4.69) is 48.0 Å². The van der Waals surface area contributed by atoms with Crippen molar-refractivity contribution in [1.29, 1.82) is 0 Å². The lowest BCUT2D eigenvalue weighted by Gasteiger charge is -2.28. The normalized spacial score (nSPS) is 11.4. The maximum Gasteiger partial charge on any atom is 0.141 e. The molecule has 0 unspecified atom stereocenters. The van der Waals surface area contributed by atoms with Crippen LogP contribution in [0.5, 0.6) is 0 Å². The lowest BCUT2D eigenvalue weighted by atomic mass is 10.1. The maximum absolute atomic E-state index is 13.4. The van der Waals surface area contributed by atoms with E-state index in [4.69, 9.17) is 0 Å². The standard InChI is InChI=1S/C15H27FN4/c1-12(2)11-20(7-6-19(4)5)15-13(9-17-3)8-14(16)10-18-15/h8,10,12,17H,6-7,9,11H2,1-5H3. The molecular weight excluding hydrogens is 255 g/mol. The van der Waals surface area contributed by atoms with Crippen LogP contribution in [-0.4, -0.2) is 50.7 Å². The van der Waals surface area contributed by atoms with Crippen molar-refractivity contribution in [2.24, 2.45) is 5.92 Å². The Morgan fingerprint density at radius 1 is 1.30 bits per heavy atom. The zero-order chi connectivity index (χ0) is 15.1. The average Bonchev–Trinajstić information content (AvgIpc) is 2.35. The van der Waals surface area contributed by atoms with Crippen LogP contribution in [0, 0.1) is 11.7 Å². The number of halogens is 1. The third-order valence-electron chi connectivity index (χ3n) is 2.98. The van der Waals surface area contributed by atoms with Gasteiger partial charge in [-0.2, -0.15) is 0 Å². The number of likely N-dealkylation sites (N-methyl/N-ethyl adjacent to an activating group) is 1. The second-order valence-corrected chi connectivity index (χ2v) is 5.81. The maximum atomic E-state index is 13.4. The van der Waals surface area contributed by atoms with Crippen molar-refractivity contribution in [1.82, 2.24) is 15.2 Å². The van der Waals surface area contributed by atoms with Crippen LogP contribution in [0.25, 0.3) is 0 Å². The van der Waals surface area contributed by atoms with E-state index in [-0.39, 0.29) is 5.82 Å². The molecule has 0 radical (unpaired) electrons. The van der Waals surface area contributed by atoms with E-state index in [1.54, 1.807) is 6.07 Å². The van der Waals surface area contributed by atoms with Gasteiger partial charge in [0.15, 0.2) is 0 Å². The van der Waals surface area contributed by atoms with E-state index in [9.17, 15) is 4.39 Å². The summed E-state index contributed by atoms with van der Waals surface area (Å²) >= 11 is 0. The molecule has 0 amide bonds. The van der Waals surface area contributed by atoms with Gasteiger partial charge in [-0.25, -0.2) is 9.37 Å². The first-order valence-corrected chi connectivity index (χ1v) is 7.12. The number of hydrogen-bond donors (Lipinski definition) is 1. The second-order valence-electron chi connectivity index (χ2n) is 5.81. The quantitative estimate of drug-likeness (QED) is 0.790. The molecule has 0 aromatic carbocycles. The summed E-state index contributed by atoms with van der Waals surface area (Å²) in [6.45, 7) is 7.75. The largest absolute Gasteiger partial charge is 0.355 e. The van der Waals surface area contributed by atoms with Crippen molar-refractivity contribution in [3.05, 3.63) is 23.6 Å². The van der Waals surface area contributed by atoms with Crippen LogP contribution in [0.15, 0.2) is 12.3 Å². The summed E-state index contributed by atoms with van der Waals surface area (Å²) in [4.78, 5) is 8.71. The number of nitrogens with zero attached hydrogens (tertiary/aromatic N) is 3. The summed E-state index contributed by atoms with van der Waals surface area (Å²) in [5.74, 6) is 1.14. The van der Waals surface area contributed by atoms with Gasteiger partial charge in [0.2, 0.25) is 0 Å². The minimum Gasteiger partial charge on any atom is -0.355 e. The van der Waals surface area contributed by atoms with Gasteiger partial charge in [0, 0.05) is 31.7 Å². The third kappa shape index (κ3) is 5.43. The second kappa shape index (κ2) is 8.17. The Hall–Kier alpha value is -1.20. The Bertz CT molecular complexity index is 407. The van der Waals surface area contributed by atoms with Gasteiger partial charge < -0.3 is 15.1 Å². The van der Waals surface area contributed by atoms with Gasteiger partial charge in [-0.3, -0.25) is 0 Å². The van der Waals surface area contributed by atoms with E-state index in [0.29, 0.717) is 12.5 Å². The number of rotatable bonds is 8. The zero-order valence-corrected chi connectivity index (χ0v) is 13.3. The van der Waals surface area contributed by atoms with Crippen molar-refractivity contribution in [3.8, 4) is 0 Å². The molecule has 1 heterocycles. The van der Waals surface area contributed by atoms with Gasteiger partial charge in [-0.15, -0.1) is 0 Å². The molecule has 0 saturated heterocycles. The molecule has 5 heteroatoms. The smallest absolute Gasteiger partial charge is 0.141 e. The van der Waals surface area contributed by atoms with Gasteiger partial charge >= 0.3 is 0 Å². The van der Waals surface area contributed by atoms with Crippen LogP contribution in [0.4, 0.5) is 10.2 Å². The molecule has 1 aromatic heterocycles. The lowest BCUT2D eigenvalue weighted by Crippen LogP contribution is -2.36. The van der Waals surface area contributed by atoms with Gasteiger partial charge in [0.25, 0.3) is 0 Å². The number of anilines is 1. The highest BCUT2D eigenvalue weighted by Crippen LogP contribution is 2.19. The molecule has 1 aromatic rings. The highest BCUT2D eigenvalue weighted by atomic mass is 19.1.